The van der Waals surface area contributed by atoms with Gasteiger partial charge in [0.2, 0.25) is 10.1 Å². The van der Waals surface area contributed by atoms with Crippen molar-refractivity contribution in [3.05, 3.63) is 24.0 Å². The van der Waals surface area contributed by atoms with Gasteiger partial charge in [0.05, 0.1) is 17.5 Å². The lowest BCUT2D eigenvalue weighted by atomic mass is 10.1. The molecule has 3 aromatic heterocycles. The predicted molar refractivity (Wildman–Crippen MR) is 101 cm³/mol. The summed E-state index contributed by atoms with van der Waals surface area (Å²) in [6.07, 6.45) is -1.79. The number of nitrogens with two attached hydrogens (primary N) is 1. The van der Waals surface area contributed by atoms with Gasteiger partial charge in [-0.3, -0.25) is 4.90 Å². The van der Waals surface area contributed by atoms with E-state index in [0.29, 0.717) is 15.8 Å². The summed E-state index contributed by atoms with van der Waals surface area (Å²) in [6.45, 7) is 5.63. The Kier molecular flexibility index (Phi) is 5.08. The Hall–Kier alpha value is -2.44. The maximum atomic E-state index is 13.1. The molecular weight excluding hydrogens is 393 g/mol. The Morgan fingerprint density at radius 3 is 2.75 bits per heavy atom. The Labute approximate surface area is 162 Å². The van der Waals surface area contributed by atoms with Crippen molar-refractivity contribution < 1.29 is 13.2 Å². The second-order valence-corrected chi connectivity index (χ2v) is 7.37. The van der Waals surface area contributed by atoms with Gasteiger partial charge in [-0.1, -0.05) is 11.3 Å². The number of nitrogen functional groups attached to an aromatic ring is 1. The Morgan fingerprint density at radius 1 is 1.21 bits per heavy atom. The van der Waals surface area contributed by atoms with Gasteiger partial charge in [0, 0.05) is 51.0 Å². The molecule has 0 radical (unpaired) electrons. The zero-order valence-electron chi connectivity index (χ0n) is 14.8. The minimum absolute atomic E-state index is 0.256. The summed E-state index contributed by atoms with van der Waals surface area (Å²) >= 11 is 1.34. The SMILES string of the molecule is Nc1ncc(-c2cnc3sc(NCCN4CCNCC4)nn23)cc1C(F)(F)F. The monoisotopic (exact) mass is 412 g/mol. The molecule has 0 saturated carbocycles. The van der Waals surface area contributed by atoms with Crippen LogP contribution in [-0.4, -0.2) is 63.8 Å². The van der Waals surface area contributed by atoms with Gasteiger partial charge in [-0.25, -0.2) is 14.5 Å². The number of anilines is 2. The molecule has 4 heterocycles. The fourth-order valence-electron chi connectivity index (χ4n) is 3.06. The van der Waals surface area contributed by atoms with Gasteiger partial charge >= 0.3 is 6.18 Å². The smallest absolute Gasteiger partial charge is 0.383 e. The van der Waals surface area contributed by atoms with Gasteiger partial charge < -0.3 is 16.4 Å². The molecule has 12 heteroatoms. The average molecular weight is 412 g/mol. The molecule has 150 valence electrons. The Morgan fingerprint density at radius 2 is 2.00 bits per heavy atom. The highest BCUT2D eigenvalue weighted by Gasteiger charge is 2.34. The van der Waals surface area contributed by atoms with E-state index in [4.69, 9.17) is 5.73 Å². The fourth-order valence-corrected chi connectivity index (χ4v) is 3.86. The lowest BCUT2D eigenvalue weighted by molar-refractivity contribution is -0.137. The molecule has 1 fully saturated rings. The number of nitrogens with zero attached hydrogens (tertiary/aromatic N) is 5. The standard InChI is InChI=1S/C16H19F3N8S/c17-16(18,19)11-7-10(8-23-13(11)20)12-9-24-15-27(12)25-14(28-15)22-3-6-26-4-1-21-2-5-26/h7-9,21H,1-6H2,(H2,20,23)(H,22,25). The number of rotatable bonds is 5. The zero-order valence-corrected chi connectivity index (χ0v) is 15.6. The van der Waals surface area contributed by atoms with E-state index < -0.39 is 17.6 Å². The van der Waals surface area contributed by atoms with Crippen LogP contribution in [0.5, 0.6) is 0 Å². The molecule has 0 atom stereocenters. The molecule has 1 aliphatic rings. The van der Waals surface area contributed by atoms with Crippen LogP contribution in [0.2, 0.25) is 0 Å². The zero-order chi connectivity index (χ0) is 19.7. The summed E-state index contributed by atoms with van der Waals surface area (Å²) in [7, 11) is 0. The van der Waals surface area contributed by atoms with Crippen LogP contribution in [0.1, 0.15) is 5.56 Å². The molecule has 4 N–H and O–H groups in total. The minimum atomic E-state index is -4.57. The number of halogens is 3. The molecule has 1 saturated heterocycles. The highest BCUT2D eigenvalue weighted by molar-refractivity contribution is 7.20. The van der Waals surface area contributed by atoms with E-state index in [1.807, 2.05) is 0 Å². The van der Waals surface area contributed by atoms with Gasteiger partial charge in [-0.15, -0.1) is 5.10 Å². The lowest BCUT2D eigenvalue weighted by Gasteiger charge is -2.26. The third-order valence-corrected chi connectivity index (χ3v) is 5.40. The van der Waals surface area contributed by atoms with Gasteiger partial charge in [0.1, 0.15) is 5.82 Å². The fraction of sp³-hybridized carbons (Fsp3) is 0.438. The summed E-state index contributed by atoms with van der Waals surface area (Å²) in [5, 5.41) is 11.7. The van der Waals surface area contributed by atoms with Crippen molar-refractivity contribution >= 4 is 27.2 Å². The lowest BCUT2D eigenvalue weighted by Crippen LogP contribution is -2.45. The summed E-state index contributed by atoms with van der Waals surface area (Å²) < 4.78 is 40.8. The molecule has 0 amide bonds. The molecule has 1 aliphatic heterocycles. The number of hydrogen-bond donors (Lipinski definition) is 3. The number of piperazine rings is 1. The third-order valence-electron chi connectivity index (χ3n) is 4.52. The number of nitrogens with one attached hydrogen (secondary N) is 2. The van der Waals surface area contributed by atoms with Crippen LogP contribution in [0.25, 0.3) is 16.2 Å². The van der Waals surface area contributed by atoms with Crippen molar-refractivity contribution in [1.29, 1.82) is 0 Å². The number of alkyl halides is 3. The van der Waals surface area contributed by atoms with Crippen molar-refractivity contribution in [1.82, 2.24) is 29.8 Å². The average Bonchev–Trinajstić information content (AvgIpc) is 3.22. The summed E-state index contributed by atoms with van der Waals surface area (Å²) in [5.41, 5.74) is 5.10. The van der Waals surface area contributed by atoms with E-state index >= 15 is 0 Å². The molecule has 0 spiro atoms. The van der Waals surface area contributed by atoms with Crippen LogP contribution >= 0.6 is 11.3 Å². The molecule has 0 bridgehead atoms. The maximum Gasteiger partial charge on any atom is 0.419 e. The quantitative estimate of drug-likeness (QED) is 0.588. The van der Waals surface area contributed by atoms with Crippen LogP contribution < -0.4 is 16.4 Å². The molecule has 0 aliphatic carbocycles. The first-order valence-electron chi connectivity index (χ1n) is 8.76. The Balaban J connectivity index is 1.52. The highest BCUT2D eigenvalue weighted by atomic mass is 32.1. The number of imidazole rings is 1. The molecule has 8 nitrogen and oxygen atoms in total. The van der Waals surface area contributed by atoms with E-state index in [9.17, 15) is 13.2 Å². The molecule has 28 heavy (non-hydrogen) atoms. The minimum Gasteiger partial charge on any atom is -0.383 e. The van der Waals surface area contributed by atoms with E-state index in [1.165, 1.54) is 28.2 Å². The second-order valence-electron chi connectivity index (χ2n) is 6.42. The number of pyridine rings is 1. The van der Waals surface area contributed by atoms with Crippen LogP contribution in [0.4, 0.5) is 24.1 Å². The molecular formula is C16H19F3N8S. The van der Waals surface area contributed by atoms with Crippen LogP contribution in [0, 0.1) is 0 Å². The van der Waals surface area contributed by atoms with Crippen LogP contribution in [0.3, 0.4) is 0 Å². The van der Waals surface area contributed by atoms with Crippen molar-refractivity contribution in [2.45, 2.75) is 6.18 Å². The number of aromatic nitrogens is 4. The first kappa shape index (κ1) is 18.9. The molecule has 4 rings (SSSR count). The summed E-state index contributed by atoms with van der Waals surface area (Å²) in [6, 6.07) is 0.975. The van der Waals surface area contributed by atoms with E-state index in [0.717, 1.165) is 45.3 Å². The van der Waals surface area contributed by atoms with Gasteiger partial charge in [0.15, 0.2) is 0 Å². The van der Waals surface area contributed by atoms with E-state index in [2.05, 4.69) is 30.6 Å². The van der Waals surface area contributed by atoms with Gasteiger partial charge in [-0.2, -0.15) is 13.2 Å². The van der Waals surface area contributed by atoms with Gasteiger partial charge in [0.25, 0.3) is 0 Å². The largest absolute Gasteiger partial charge is 0.419 e. The molecule has 0 unspecified atom stereocenters. The van der Waals surface area contributed by atoms with E-state index in [-0.39, 0.29) is 5.56 Å². The Bertz CT molecular complexity index is 961. The van der Waals surface area contributed by atoms with Crippen molar-refractivity contribution in [2.75, 3.05) is 50.3 Å². The first-order chi connectivity index (χ1) is 13.4. The predicted octanol–water partition coefficient (Wildman–Crippen LogP) is 1.77. The van der Waals surface area contributed by atoms with Crippen molar-refractivity contribution in [3.63, 3.8) is 0 Å². The maximum absolute atomic E-state index is 13.1. The number of fused-ring (bicyclic) bond motifs is 1. The third kappa shape index (κ3) is 3.88. The topological polar surface area (TPSA) is 96.4 Å². The number of hydrogen-bond acceptors (Lipinski definition) is 8. The van der Waals surface area contributed by atoms with Gasteiger partial charge in [-0.05, 0) is 6.07 Å². The van der Waals surface area contributed by atoms with Crippen LogP contribution in [-0.2, 0) is 6.18 Å². The van der Waals surface area contributed by atoms with E-state index in [1.54, 1.807) is 0 Å². The van der Waals surface area contributed by atoms with Crippen molar-refractivity contribution in [3.8, 4) is 11.3 Å². The second kappa shape index (κ2) is 7.53. The summed E-state index contributed by atoms with van der Waals surface area (Å²) in [4.78, 5) is 10.9. The highest BCUT2D eigenvalue weighted by Crippen LogP contribution is 2.35. The first-order valence-corrected chi connectivity index (χ1v) is 9.58. The molecule has 0 aromatic carbocycles. The summed E-state index contributed by atoms with van der Waals surface area (Å²) in [5.74, 6) is -0.550. The molecule has 3 aromatic rings. The van der Waals surface area contributed by atoms with Crippen LogP contribution in [0.15, 0.2) is 18.5 Å². The normalized spacial score (nSPS) is 16.0. The van der Waals surface area contributed by atoms with Crippen molar-refractivity contribution in [2.24, 2.45) is 0 Å².